The highest BCUT2D eigenvalue weighted by molar-refractivity contribution is 7.71. The molecule has 62 valence electrons. The molecule has 0 unspecified atom stereocenters. The number of nitrogens with zero attached hydrogens (tertiary/aromatic N) is 2. The van der Waals surface area contributed by atoms with Crippen LogP contribution in [-0.4, -0.2) is 9.72 Å². The fourth-order valence-electron chi connectivity index (χ4n) is 0.868. The zero-order chi connectivity index (χ0) is 8.27. The Hall–Kier alpha value is -0.640. The predicted octanol–water partition coefficient (Wildman–Crippen LogP) is 2.09. The highest BCUT2D eigenvalue weighted by Crippen LogP contribution is 2.02. The van der Waals surface area contributed by atoms with E-state index in [1.54, 1.807) is 0 Å². The van der Waals surface area contributed by atoms with Crippen LogP contribution in [0.3, 0.4) is 0 Å². The summed E-state index contributed by atoms with van der Waals surface area (Å²) in [7, 11) is 1.88. The van der Waals surface area contributed by atoms with Crippen LogP contribution in [0.2, 0.25) is 0 Å². The molecule has 0 aliphatic heterocycles. The Labute approximate surface area is 71.0 Å². The van der Waals surface area contributed by atoms with Gasteiger partial charge in [-0.1, -0.05) is 18.5 Å². The van der Waals surface area contributed by atoms with Crippen molar-refractivity contribution in [1.29, 1.82) is 0 Å². The van der Waals surface area contributed by atoms with Gasteiger partial charge in [0.2, 0.25) is 0 Å². The Balaban J connectivity index is 2.71. The van der Waals surface area contributed by atoms with E-state index in [0.29, 0.717) is 4.84 Å². The minimum absolute atomic E-state index is 0.455. The smallest absolute Gasteiger partial charge is 0.297 e. The molecule has 0 aliphatic carbocycles. The van der Waals surface area contributed by atoms with Gasteiger partial charge in [0.15, 0.2) is 5.82 Å². The quantitative estimate of drug-likeness (QED) is 0.654. The van der Waals surface area contributed by atoms with Gasteiger partial charge >= 0.3 is 0 Å². The van der Waals surface area contributed by atoms with Crippen molar-refractivity contribution in [3.8, 4) is 0 Å². The topological polar surface area (TPSA) is 31.0 Å². The molecule has 0 spiro atoms. The molecule has 0 saturated heterocycles. The van der Waals surface area contributed by atoms with Crippen molar-refractivity contribution in [2.45, 2.75) is 26.2 Å². The lowest BCUT2D eigenvalue weighted by molar-refractivity contribution is 0.394. The van der Waals surface area contributed by atoms with E-state index in [9.17, 15) is 0 Å². The zero-order valence-electron chi connectivity index (χ0n) is 6.83. The van der Waals surface area contributed by atoms with Gasteiger partial charge < -0.3 is 4.52 Å². The second kappa shape index (κ2) is 3.67. The number of hydrogen-bond donors (Lipinski definition) is 0. The van der Waals surface area contributed by atoms with E-state index in [-0.39, 0.29) is 0 Å². The molecule has 0 aliphatic rings. The minimum atomic E-state index is 0.455. The summed E-state index contributed by atoms with van der Waals surface area (Å²) in [6.07, 6.45) is 3.25. The Morgan fingerprint density at radius 3 is 2.82 bits per heavy atom. The fourth-order valence-corrected chi connectivity index (χ4v) is 1.01. The molecule has 1 rings (SSSR count). The van der Waals surface area contributed by atoms with Gasteiger partial charge in [-0.25, -0.2) is 0 Å². The molecule has 3 nitrogen and oxygen atoms in total. The van der Waals surface area contributed by atoms with E-state index in [0.717, 1.165) is 18.7 Å². The molecule has 1 aromatic heterocycles. The molecular formula is C7H12N2OS. The molecule has 0 aromatic carbocycles. The van der Waals surface area contributed by atoms with Crippen LogP contribution in [0.1, 0.15) is 25.6 Å². The fraction of sp³-hybridized carbons (Fsp3) is 0.714. The maximum atomic E-state index is 4.86. The maximum absolute atomic E-state index is 4.86. The summed E-state index contributed by atoms with van der Waals surface area (Å²) in [4.78, 5) is 0.455. The molecule has 0 atom stereocenters. The van der Waals surface area contributed by atoms with E-state index in [4.69, 9.17) is 16.7 Å². The van der Waals surface area contributed by atoms with Crippen molar-refractivity contribution >= 4 is 12.2 Å². The Kier molecular flexibility index (Phi) is 2.82. The molecular weight excluding hydrogens is 160 g/mol. The third kappa shape index (κ3) is 1.89. The van der Waals surface area contributed by atoms with Gasteiger partial charge in [0.1, 0.15) is 0 Å². The van der Waals surface area contributed by atoms with Crippen LogP contribution in [0.5, 0.6) is 0 Å². The van der Waals surface area contributed by atoms with Crippen LogP contribution in [0.15, 0.2) is 4.52 Å². The summed E-state index contributed by atoms with van der Waals surface area (Å²) in [6, 6.07) is 0. The molecule has 1 aromatic rings. The number of unbranched alkanes of at least 4 members (excludes halogenated alkanes) is 1. The molecule has 0 radical (unpaired) electrons. The molecule has 0 fully saturated rings. The molecule has 0 bridgehead atoms. The van der Waals surface area contributed by atoms with Gasteiger partial charge in [-0.15, -0.1) is 0 Å². The van der Waals surface area contributed by atoms with Crippen LogP contribution in [0, 0.1) is 4.84 Å². The Morgan fingerprint density at radius 2 is 2.36 bits per heavy atom. The van der Waals surface area contributed by atoms with E-state index in [2.05, 4.69) is 12.1 Å². The van der Waals surface area contributed by atoms with Crippen molar-refractivity contribution in [3.63, 3.8) is 0 Å². The normalized spacial score (nSPS) is 10.4. The average Bonchev–Trinajstić information content (AvgIpc) is 2.31. The van der Waals surface area contributed by atoms with E-state index in [1.165, 1.54) is 6.42 Å². The van der Waals surface area contributed by atoms with Crippen molar-refractivity contribution in [3.05, 3.63) is 10.7 Å². The van der Waals surface area contributed by atoms with Gasteiger partial charge in [0, 0.05) is 13.5 Å². The lowest BCUT2D eigenvalue weighted by atomic mass is 10.2. The second-order valence-corrected chi connectivity index (χ2v) is 2.88. The summed E-state index contributed by atoms with van der Waals surface area (Å²) in [6.45, 7) is 2.15. The molecule has 0 saturated carbocycles. The number of rotatable bonds is 3. The van der Waals surface area contributed by atoms with Crippen molar-refractivity contribution in [1.82, 2.24) is 9.72 Å². The lowest BCUT2D eigenvalue weighted by Gasteiger charge is -1.94. The number of hydrogen-bond acceptors (Lipinski definition) is 3. The Morgan fingerprint density at radius 1 is 1.64 bits per heavy atom. The van der Waals surface area contributed by atoms with Crippen molar-refractivity contribution in [2.75, 3.05) is 0 Å². The zero-order valence-corrected chi connectivity index (χ0v) is 7.65. The number of aryl methyl sites for hydroxylation is 1. The first-order chi connectivity index (χ1) is 5.25. The number of aromatic nitrogens is 2. The van der Waals surface area contributed by atoms with Gasteiger partial charge in [-0.2, -0.15) is 0 Å². The summed E-state index contributed by atoms with van der Waals surface area (Å²) in [5, 5.41) is 3.84. The monoisotopic (exact) mass is 172 g/mol. The lowest BCUT2D eigenvalue weighted by Crippen LogP contribution is -1.97. The van der Waals surface area contributed by atoms with E-state index in [1.807, 2.05) is 11.6 Å². The van der Waals surface area contributed by atoms with E-state index < -0.39 is 0 Å². The summed E-state index contributed by atoms with van der Waals surface area (Å²) in [5.41, 5.74) is 0. The summed E-state index contributed by atoms with van der Waals surface area (Å²) >= 11 is 4.86. The first-order valence-electron chi connectivity index (χ1n) is 3.77. The predicted molar refractivity (Wildman–Crippen MR) is 44.9 cm³/mol. The summed E-state index contributed by atoms with van der Waals surface area (Å²) < 4.78 is 6.63. The Bertz CT molecular complexity index is 276. The highest BCUT2D eigenvalue weighted by atomic mass is 32.1. The molecule has 0 amide bonds. The summed E-state index contributed by atoms with van der Waals surface area (Å²) in [5.74, 6) is 0.942. The first kappa shape index (κ1) is 8.46. The van der Waals surface area contributed by atoms with E-state index >= 15 is 0 Å². The third-order valence-corrected chi connectivity index (χ3v) is 1.99. The van der Waals surface area contributed by atoms with Gasteiger partial charge in [0.05, 0.1) is 0 Å². The molecule has 4 heteroatoms. The van der Waals surface area contributed by atoms with Crippen LogP contribution < -0.4 is 0 Å². The van der Waals surface area contributed by atoms with Gasteiger partial charge in [-0.3, -0.25) is 4.57 Å². The van der Waals surface area contributed by atoms with Crippen LogP contribution >= 0.6 is 12.2 Å². The molecule has 1 heterocycles. The van der Waals surface area contributed by atoms with Crippen LogP contribution in [0.4, 0.5) is 0 Å². The molecule has 11 heavy (non-hydrogen) atoms. The van der Waals surface area contributed by atoms with Crippen molar-refractivity contribution < 1.29 is 4.52 Å². The highest BCUT2D eigenvalue weighted by Gasteiger charge is 2.01. The minimum Gasteiger partial charge on any atom is -0.324 e. The first-order valence-corrected chi connectivity index (χ1v) is 4.18. The SMILES string of the molecule is CCCCc1noc(=S)n1C. The second-order valence-electron chi connectivity index (χ2n) is 2.53. The van der Waals surface area contributed by atoms with Crippen LogP contribution in [-0.2, 0) is 13.5 Å². The standard InChI is InChI=1S/C7H12N2OS/c1-3-4-5-6-8-10-7(11)9(6)2/h3-5H2,1-2H3. The average molecular weight is 172 g/mol. The maximum Gasteiger partial charge on any atom is 0.297 e. The largest absolute Gasteiger partial charge is 0.324 e. The van der Waals surface area contributed by atoms with Crippen molar-refractivity contribution in [2.24, 2.45) is 7.05 Å². The van der Waals surface area contributed by atoms with Gasteiger partial charge in [0.25, 0.3) is 4.84 Å². The van der Waals surface area contributed by atoms with Crippen LogP contribution in [0.25, 0.3) is 0 Å². The van der Waals surface area contributed by atoms with Gasteiger partial charge in [-0.05, 0) is 18.6 Å². The molecule has 0 N–H and O–H groups in total. The third-order valence-electron chi connectivity index (χ3n) is 1.64.